The van der Waals surface area contributed by atoms with Crippen LogP contribution in [0.2, 0.25) is 0 Å². The molecule has 138 heavy (non-hydrogen) atoms. The molecule has 4 rings (SSSR count). The van der Waals surface area contributed by atoms with Crippen LogP contribution in [0.4, 0.5) is 0 Å². The SMILES string of the molecule is CSCC[C@H](NC(=O)[C@H](CCCCN)NC(=O)[C@@H]1CCCN1C(=O)[C@@H]1CCCN1C(=O)[C@H](CC(=O)O)NC(=O)[C@H](CCCN=C(N)N)NC(=O)[C@H](CCCCN)NC(=O)[C@H](CO)NC(=O)[C@@H]1CCCN1C(=O)[C@@H]1CCCN1C(=O)[C@H](CCCCN)NC(=O)[C@H](CO)NC(=O)[C@H](CCC(N)=O)NC(=O)[C@@H](NC(=O)[C@H](C)N)C(C)C)C(=O)N[C@@H](CCC(N)=O)C(=O)N[C@@H](C)C(=O)N[C@@H](CC(=O)O)C(=O)O. The highest BCUT2D eigenvalue weighted by atomic mass is 32.2. The molecule has 4 heterocycles. The predicted molar refractivity (Wildman–Crippen MR) is 493 cm³/mol. The molecule has 18 atom stereocenters. The zero-order valence-corrected chi connectivity index (χ0v) is 79.4. The summed E-state index contributed by atoms with van der Waals surface area (Å²) in [6.45, 7) is 3.58. The quantitative estimate of drug-likeness (QED) is 0.0153. The lowest BCUT2D eigenvalue weighted by Gasteiger charge is -2.33. The first-order valence-corrected chi connectivity index (χ1v) is 47.7. The minimum Gasteiger partial charge on any atom is -0.481 e. The van der Waals surface area contributed by atoms with E-state index in [2.05, 4.69) is 68.8 Å². The molecule has 0 aromatic carbocycles. The van der Waals surface area contributed by atoms with Gasteiger partial charge in [-0.05, 0) is 193 Å². The van der Waals surface area contributed by atoms with Gasteiger partial charge in [0.1, 0.15) is 103 Å². The lowest BCUT2D eigenvalue weighted by atomic mass is 10.0. The maximum atomic E-state index is 14.9. The molecule has 0 saturated carbocycles. The monoisotopic (exact) mass is 1980 g/mol. The third-order valence-corrected chi connectivity index (χ3v) is 24.2. The molecule has 0 aliphatic carbocycles. The Labute approximate surface area is 801 Å². The van der Waals surface area contributed by atoms with Crippen molar-refractivity contribution in [2.75, 3.05) is 77.6 Å². The molecule has 0 unspecified atom stereocenters. The Balaban J connectivity index is 1.55. The van der Waals surface area contributed by atoms with Crippen LogP contribution in [0.5, 0.6) is 0 Å². The number of primary amides is 2. The molecule has 34 N–H and O–H groups in total. The average molecular weight is 1980 g/mol. The zero-order chi connectivity index (χ0) is 103. The predicted octanol–water partition coefficient (Wildman–Crippen LogP) is -11.0. The molecule has 4 saturated heterocycles. The molecule has 0 spiro atoms. The third-order valence-electron chi connectivity index (χ3n) is 23.5. The van der Waals surface area contributed by atoms with Gasteiger partial charge >= 0.3 is 17.9 Å². The summed E-state index contributed by atoms with van der Waals surface area (Å²) >= 11 is 1.26. The highest BCUT2D eigenvalue weighted by Crippen LogP contribution is 2.29. The number of guanidine groups is 1. The van der Waals surface area contributed by atoms with E-state index >= 15 is 0 Å². The maximum absolute atomic E-state index is 14.9. The average Bonchev–Trinajstić information content (AvgIpc) is 1.65. The van der Waals surface area contributed by atoms with Gasteiger partial charge in [-0.2, -0.15) is 11.8 Å². The minimum atomic E-state index is -1.95. The molecule has 4 aliphatic heterocycles. The van der Waals surface area contributed by atoms with Gasteiger partial charge in [-0.3, -0.25) is 106 Å². The normalized spacial score (nSPS) is 18.7. The van der Waals surface area contributed by atoms with Crippen molar-refractivity contribution in [3.63, 3.8) is 0 Å². The molecule has 0 bridgehead atoms. The van der Waals surface area contributed by atoms with Crippen molar-refractivity contribution in [2.24, 2.45) is 56.8 Å². The second-order valence-electron chi connectivity index (χ2n) is 34.7. The molecular weight excluding hydrogens is 1840 g/mol. The van der Waals surface area contributed by atoms with Gasteiger partial charge in [-0.15, -0.1) is 0 Å². The Morgan fingerprint density at radius 2 is 0.688 bits per heavy atom. The minimum absolute atomic E-state index is 0.0170. The fourth-order valence-electron chi connectivity index (χ4n) is 16.0. The van der Waals surface area contributed by atoms with E-state index in [1.54, 1.807) is 20.1 Å². The second kappa shape index (κ2) is 60.4. The van der Waals surface area contributed by atoms with Crippen molar-refractivity contribution < 1.29 is 131 Å². The van der Waals surface area contributed by atoms with Crippen LogP contribution in [0.3, 0.4) is 0 Å². The van der Waals surface area contributed by atoms with Gasteiger partial charge in [-0.25, -0.2) is 4.79 Å². The topological polar surface area (TPSA) is 867 Å². The van der Waals surface area contributed by atoms with E-state index in [-0.39, 0.29) is 186 Å². The van der Waals surface area contributed by atoms with Crippen molar-refractivity contribution in [3.8, 4) is 0 Å². The number of likely N-dealkylation sites (tertiary alicyclic amines) is 4. The van der Waals surface area contributed by atoms with Crippen molar-refractivity contribution in [3.05, 3.63) is 0 Å². The summed E-state index contributed by atoms with van der Waals surface area (Å²) in [5.74, 6) is -23.5. The van der Waals surface area contributed by atoms with Crippen LogP contribution in [-0.4, -0.2) is 368 Å². The first kappa shape index (κ1) is 118. The Bertz CT molecular complexity index is 4260. The summed E-state index contributed by atoms with van der Waals surface area (Å²) in [6, 6.07) is -27.2. The molecule has 4 aliphatic rings. The largest absolute Gasteiger partial charge is 0.481 e. The van der Waals surface area contributed by atoms with Gasteiger partial charge in [0.2, 0.25) is 112 Å². The Morgan fingerprint density at radius 3 is 1.08 bits per heavy atom. The number of carboxylic acid groups (broad SMARTS) is 3. The number of nitrogens with one attached hydrogen (secondary N) is 13. The number of carbonyl (C=O) groups is 22. The van der Waals surface area contributed by atoms with Gasteiger partial charge < -0.3 is 160 Å². The van der Waals surface area contributed by atoms with Crippen LogP contribution >= 0.6 is 11.8 Å². The molecule has 0 radical (unpaired) electrons. The lowest BCUT2D eigenvalue weighted by Crippen LogP contribution is -2.61. The molecule has 54 heteroatoms. The fourth-order valence-corrected chi connectivity index (χ4v) is 16.4. The fraction of sp³-hybridized carbons (Fsp3) is 0.726. The van der Waals surface area contributed by atoms with Crippen LogP contribution in [0, 0.1) is 5.92 Å². The summed E-state index contributed by atoms with van der Waals surface area (Å²) in [7, 11) is 0. The van der Waals surface area contributed by atoms with Crippen molar-refractivity contribution >= 4 is 148 Å². The van der Waals surface area contributed by atoms with Crippen LogP contribution in [-0.2, 0) is 105 Å². The van der Waals surface area contributed by atoms with E-state index in [1.165, 1.54) is 33.4 Å². The standard InChI is InChI=1S/C84H142N26O27S/c1-43(2)65(106-66(119)44(3)88)78(131)100-50(26-28-62(90)114)72(125)104-55(41-111)75(128)101-52(19-8-11-32-87)79(132)109-36-15-23-59(109)81(134)108-35-14-22-58(108)77(130)105-56(42-112)74(127)96-46(17-6-9-30-85)69(122)95-48(20-12-33-93-84(91)92)71(124)102-53(39-63(115)116)80(133)110-37-16-24-60(110)82(135)107-34-13-21-57(107)76(129)99-47(18-7-10-31-86)70(123)98-51(29-38-138-5)73(126)97-49(25-27-61(89)113)68(121)94-45(4)67(120)103-54(83(136)137)40-64(117)118/h43-60,65,111-112H,6-42,85-88H2,1-5H3,(H2,89,113)(H2,90,114)(H,94,121)(H,95,122)(H,96,127)(H,97,126)(H,98,123)(H,99,129)(H,100,131)(H,101,128)(H,102,124)(H,103,120)(H,104,125)(H,105,130)(H,106,119)(H,115,116)(H,117,118)(H,136,137)(H4,91,92,93)/t44-,45-,46-,47-,48-,49-,50-,51-,52-,53-,54-,55-,56-,57-,58-,59-,60-,65-/m0/s1. The number of unbranched alkanes of at least 4 members (excludes halogenated alkanes) is 3. The number of amides is 19. The maximum Gasteiger partial charge on any atom is 0.326 e. The number of rotatable bonds is 63. The van der Waals surface area contributed by atoms with Crippen LogP contribution < -0.4 is 115 Å². The number of nitrogens with two attached hydrogens (primary N) is 8. The van der Waals surface area contributed by atoms with Crippen LogP contribution in [0.15, 0.2) is 4.99 Å². The highest BCUT2D eigenvalue weighted by Gasteiger charge is 2.48. The number of aliphatic hydroxyl groups is 2. The summed E-state index contributed by atoms with van der Waals surface area (Å²) in [5.41, 5.74) is 45.1. The summed E-state index contributed by atoms with van der Waals surface area (Å²) in [5, 5.41) is 82.0. The Hall–Kier alpha value is -12.3. The third kappa shape index (κ3) is 38.6. The summed E-state index contributed by atoms with van der Waals surface area (Å²) in [4.78, 5) is 310. The molecular formula is C84H142N26O27S. The highest BCUT2D eigenvalue weighted by molar-refractivity contribution is 7.98. The number of hydrogen-bond acceptors (Lipinski definition) is 30. The number of hydrogen-bond donors (Lipinski definition) is 26. The molecule has 776 valence electrons. The smallest absolute Gasteiger partial charge is 0.326 e. The molecule has 0 aromatic rings. The van der Waals surface area contributed by atoms with E-state index in [0.29, 0.717) is 12.8 Å². The molecule has 4 fully saturated rings. The number of aliphatic carboxylic acids is 3. The van der Waals surface area contributed by atoms with Crippen LogP contribution in [0.25, 0.3) is 0 Å². The number of carboxylic acids is 3. The van der Waals surface area contributed by atoms with Crippen molar-refractivity contribution in [1.82, 2.24) is 88.7 Å². The Morgan fingerprint density at radius 1 is 0.362 bits per heavy atom. The second-order valence-corrected chi connectivity index (χ2v) is 35.7. The number of aliphatic imine (C=N–C) groups is 1. The number of nitrogens with zero attached hydrogens (tertiary/aromatic N) is 5. The van der Waals surface area contributed by atoms with E-state index in [4.69, 9.17) is 51.0 Å². The van der Waals surface area contributed by atoms with Gasteiger partial charge in [0.15, 0.2) is 5.96 Å². The van der Waals surface area contributed by atoms with Gasteiger partial charge in [0, 0.05) is 45.6 Å². The summed E-state index contributed by atoms with van der Waals surface area (Å²) < 4.78 is 0. The van der Waals surface area contributed by atoms with E-state index in [1.807, 2.05) is 5.32 Å². The van der Waals surface area contributed by atoms with Gasteiger partial charge in [0.05, 0.1) is 32.1 Å². The lowest BCUT2D eigenvalue weighted by molar-refractivity contribution is -0.149. The van der Waals surface area contributed by atoms with Crippen LogP contribution in [0.1, 0.15) is 195 Å². The number of carbonyl (C=O) groups excluding carboxylic acids is 19. The molecule has 0 aromatic heterocycles. The first-order chi connectivity index (χ1) is 65.3. The van der Waals surface area contributed by atoms with E-state index < -0.39 is 290 Å². The van der Waals surface area contributed by atoms with E-state index in [9.17, 15) is 126 Å². The Kier molecular flexibility index (Phi) is 51.7. The number of thioether (sulfide) groups is 1. The van der Waals surface area contributed by atoms with Gasteiger partial charge in [-0.1, -0.05) is 13.8 Å². The first-order valence-electron chi connectivity index (χ1n) is 46.3. The summed E-state index contributed by atoms with van der Waals surface area (Å²) in [6.07, 6.45) is -0.385. The molecule has 19 amide bonds. The zero-order valence-electron chi connectivity index (χ0n) is 78.6. The van der Waals surface area contributed by atoms with Crippen molar-refractivity contribution in [2.45, 2.75) is 303 Å². The molecule has 53 nitrogen and oxygen atoms in total. The van der Waals surface area contributed by atoms with Crippen molar-refractivity contribution in [1.29, 1.82) is 0 Å². The van der Waals surface area contributed by atoms with Gasteiger partial charge in [0.25, 0.3) is 0 Å². The number of aliphatic hydroxyl groups excluding tert-OH is 2. The van der Waals surface area contributed by atoms with E-state index in [0.717, 1.165) is 11.8 Å².